The van der Waals surface area contributed by atoms with Crippen LogP contribution in [0.1, 0.15) is 97.5 Å². The van der Waals surface area contributed by atoms with Crippen molar-refractivity contribution in [1.29, 1.82) is 0 Å². The number of aliphatic hydroxyl groups excluding tert-OH is 1. The van der Waals surface area contributed by atoms with Gasteiger partial charge in [-0.15, -0.1) is 5.10 Å². The van der Waals surface area contributed by atoms with Crippen molar-refractivity contribution >= 4 is 22.2 Å². The molecule has 0 amide bonds. The molecule has 0 unspecified atom stereocenters. The molecule has 1 aliphatic rings. The fraction of sp³-hybridized carbons (Fsp3) is 0.364. The summed E-state index contributed by atoms with van der Waals surface area (Å²) in [6.45, 7) is 7.06. The van der Waals surface area contributed by atoms with Gasteiger partial charge in [0.1, 0.15) is 30.4 Å². The number of fused-ring (bicyclic) bond motifs is 1. The minimum absolute atomic E-state index is 0.181. The summed E-state index contributed by atoms with van der Waals surface area (Å²) in [6, 6.07) is 27.2. The third-order valence-corrected chi connectivity index (χ3v) is 12.1. The molecule has 0 saturated carbocycles. The van der Waals surface area contributed by atoms with E-state index < -0.39 is 22.1 Å². The zero-order valence-electron chi connectivity index (χ0n) is 31.6. The van der Waals surface area contributed by atoms with Gasteiger partial charge in [0.25, 0.3) is 0 Å². The Labute approximate surface area is 320 Å². The zero-order chi connectivity index (χ0) is 37.9. The van der Waals surface area contributed by atoms with E-state index in [2.05, 4.69) is 17.2 Å². The molecule has 9 nitrogen and oxygen atoms in total. The van der Waals surface area contributed by atoms with Gasteiger partial charge in [-0.3, -0.25) is 4.68 Å². The summed E-state index contributed by atoms with van der Waals surface area (Å²) in [4.78, 5) is 0.181. The molecule has 284 valence electrons. The summed E-state index contributed by atoms with van der Waals surface area (Å²) in [5.41, 5.74) is 6.04. The molecular formula is C44H52N4O5S. The lowest BCUT2D eigenvalue weighted by molar-refractivity contribution is 0.148. The highest BCUT2D eigenvalue weighted by atomic mass is 32.2. The van der Waals surface area contributed by atoms with Crippen LogP contribution in [0.2, 0.25) is 0 Å². The quantitative estimate of drug-likeness (QED) is 0.0892. The number of unbranched alkanes of at least 4 members (excludes halogenated alkanes) is 5. The molecule has 0 saturated heterocycles. The SMILES string of the molecule is CCCCCCCCn1cc(/C=C\c2c(OCc3ccccc3)cc(OCc3ccccc3)c3c2C[C@@H](CO)N(S(=O)(=O)c2ccc(C)cc2)[C@H]3C)nn1. The molecular weight excluding hydrogens is 697 g/mol. The Kier molecular flexibility index (Phi) is 13.4. The van der Waals surface area contributed by atoms with Crippen molar-refractivity contribution in [3.05, 3.63) is 136 Å². The van der Waals surface area contributed by atoms with Crippen molar-refractivity contribution in [3.63, 3.8) is 0 Å². The van der Waals surface area contributed by atoms with Crippen molar-refractivity contribution in [3.8, 4) is 11.5 Å². The van der Waals surface area contributed by atoms with Crippen LogP contribution in [0.4, 0.5) is 0 Å². The van der Waals surface area contributed by atoms with Crippen LogP contribution in [-0.4, -0.2) is 45.5 Å². The van der Waals surface area contributed by atoms with Crippen molar-refractivity contribution in [2.75, 3.05) is 6.61 Å². The van der Waals surface area contributed by atoms with Crippen molar-refractivity contribution < 1.29 is 23.0 Å². The predicted molar refractivity (Wildman–Crippen MR) is 214 cm³/mol. The Morgan fingerprint density at radius 3 is 2.11 bits per heavy atom. The molecule has 2 atom stereocenters. The Bertz CT molecular complexity index is 2080. The largest absolute Gasteiger partial charge is 0.488 e. The Hall–Kier alpha value is -4.77. The second-order valence-corrected chi connectivity index (χ2v) is 15.9. The number of aryl methyl sites for hydroxylation is 2. The fourth-order valence-electron chi connectivity index (χ4n) is 7.16. The number of aliphatic hydroxyl groups is 1. The summed E-state index contributed by atoms with van der Waals surface area (Å²) in [5.74, 6) is 1.13. The number of aromatic nitrogens is 3. The first-order chi connectivity index (χ1) is 26.3. The van der Waals surface area contributed by atoms with E-state index in [0.717, 1.165) is 46.3 Å². The monoisotopic (exact) mass is 748 g/mol. The molecule has 0 radical (unpaired) electrons. The highest BCUT2D eigenvalue weighted by molar-refractivity contribution is 7.89. The average molecular weight is 749 g/mol. The third kappa shape index (κ3) is 9.47. The fourth-order valence-corrected chi connectivity index (χ4v) is 8.94. The van der Waals surface area contributed by atoms with Crippen LogP contribution in [0.25, 0.3) is 12.2 Å². The molecule has 1 N–H and O–H groups in total. The van der Waals surface area contributed by atoms with Gasteiger partial charge in [0.2, 0.25) is 10.0 Å². The van der Waals surface area contributed by atoms with Crippen LogP contribution in [-0.2, 0) is 36.2 Å². The molecule has 2 heterocycles. The number of sulfonamides is 1. The Morgan fingerprint density at radius 1 is 0.833 bits per heavy atom. The van der Waals surface area contributed by atoms with Crippen molar-refractivity contribution in [1.82, 2.24) is 19.3 Å². The van der Waals surface area contributed by atoms with Crippen LogP contribution in [0.3, 0.4) is 0 Å². The standard InChI is InChI=1S/C44H52N4O5S/c1-4-5-6-7-8-15-26-47-29-37(45-46-47)22-25-40-41-27-38(30-49)48(54(50,51)39-23-20-33(2)21-24-39)34(3)44(41)43(53-32-36-18-13-10-14-19-36)28-42(40)52-31-35-16-11-9-12-17-35/h9-14,16-25,28-29,34,38,49H,4-8,15,26-27,30-32H2,1-3H3/b25-22-/t34-,38-/m0/s1. The molecule has 1 aromatic heterocycles. The van der Waals surface area contributed by atoms with Gasteiger partial charge in [0, 0.05) is 23.7 Å². The minimum Gasteiger partial charge on any atom is -0.488 e. The molecule has 4 aromatic carbocycles. The van der Waals surface area contributed by atoms with Gasteiger partial charge in [-0.05, 0) is 67.7 Å². The highest BCUT2D eigenvalue weighted by Gasteiger charge is 2.43. The molecule has 0 fully saturated rings. The van der Waals surface area contributed by atoms with Crippen molar-refractivity contribution in [2.45, 2.75) is 102 Å². The summed E-state index contributed by atoms with van der Waals surface area (Å²) in [5, 5.41) is 19.6. The third-order valence-electron chi connectivity index (χ3n) is 10.0. The molecule has 6 rings (SSSR count). The summed E-state index contributed by atoms with van der Waals surface area (Å²) >= 11 is 0. The van der Waals surface area contributed by atoms with Crippen LogP contribution in [0, 0.1) is 6.92 Å². The summed E-state index contributed by atoms with van der Waals surface area (Å²) in [7, 11) is -4.00. The number of ether oxygens (including phenoxy) is 2. The lowest BCUT2D eigenvalue weighted by Crippen LogP contribution is -2.48. The number of benzene rings is 4. The van der Waals surface area contributed by atoms with E-state index in [1.54, 1.807) is 24.3 Å². The first-order valence-electron chi connectivity index (χ1n) is 19.1. The number of hydrogen-bond donors (Lipinski definition) is 1. The lowest BCUT2D eigenvalue weighted by Gasteiger charge is -2.41. The minimum atomic E-state index is -4.00. The van der Waals surface area contributed by atoms with Gasteiger partial charge in [0.05, 0.1) is 29.8 Å². The van der Waals surface area contributed by atoms with E-state index in [1.807, 2.05) is 104 Å². The van der Waals surface area contributed by atoms with Crippen LogP contribution < -0.4 is 9.47 Å². The van der Waals surface area contributed by atoms with Crippen LogP contribution in [0.15, 0.2) is 102 Å². The molecule has 0 aliphatic carbocycles. The highest BCUT2D eigenvalue weighted by Crippen LogP contribution is 2.47. The Morgan fingerprint density at radius 2 is 1.46 bits per heavy atom. The van der Waals surface area contributed by atoms with E-state index >= 15 is 0 Å². The molecule has 5 aromatic rings. The summed E-state index contributed by atoms with van der Waals surface area (Å²) < 4.78 is 45.2. The van der Waals surface area contributed by atoms with E-state index in [-0.39, 0.29) is 24.5 Å². The van der Waals surface area contributed by atoms with Gasteiger partial charge >= 0.3 is 0 Å². The van der Waals surface area contributed by atoms with Gasteiger partial charge in [-0.1, -0.05) is 123 Å². The lowest BCUT2D eigenvalue weighted by atomic mass is 9.86. The number of hydrogen-bond acceptors (Lipinski definition) is 7. The van der Waals surface area contributed by atoms with E-state index in [4.69, 9.17) is 9.47 Å². The maximum absolute atomic E-state index is 14.4. The van der Waals surface area contributed by atoms with Crippen LogP contribution in [0.5, 0.6) is 11.5 Å². The normalized spacial score (nSPS) is 16.1. The van der Waals surface area contributed by atoms with Gasteiger partial charge < -0.3 is 14.6 Å². The van der Waals surface area contributed by atoms with E-state index in [1.165, 1.54) is 36.4 Å². The zero-order valence-corrected chi connectivity index (χ0v) is 32.4. The second-order valence-electron chi connectivity index (χ2n) is 14.1. The average Bonchev–Trinajstić information content (AvgIpc) is 3.65. The first kappa shape index (κ1) is 38.9. The summed E-state index contributed by atoms with van der Waals surface area (Å²) in [6.07, 6.45) is 13.3. The topological polar surface area (TPSA) is 107 Å². The predicted octanol–water partition coefficient (Wildman–Crippen LogP) is 8.94. The maximum atomic E-state index is 14.4. The second kappa shape index (κ2) is 18.5. The molecule has 1 aliphatic heterocycles. The smallest absolute Gasteiger partial charge is 0.243 e. The number of rotatable bonds is 18. The number of nitrogens with zero attached hydrogens (tertiary/aromatic N) is 4. The van der Waals surface area contributed by atoms with E-state index in [9.17, 15) is 13.5 Å². The van der Waals surface area contributed by atoms with E-state index in [0.29, 0.717) is 23.8 Å². The van der Waals surface area contributed by atoms with Gasteiger partial charge in [0.15, 0.2) is 0 Å². The molecule has 54 heavy (non-hydrogen) atoms. The molecule has 10 heteroatoms. The molecule has 0 bridgehead atoms. The van der Waals surface area contributed by atoms with Gasteiger partial charge in [-0.25, -0.2) is 8.42 Å². The molecule has 0 spiro atoms. The Balaban J connectivity index is 1.41. The van der Waals surface area contributed by atoms with Gasteiger partial charge in [-0.2, -0.15) is 4.31 Å². The first-order valence-corrected chi connectivity index (χ1v) is 20.5. The van der Waals surface area contributed by atoms with Crippen LogP contribution >= 0.6 is 0 Å². The maximum Gasteiger partial charge on any atom is 0.243 e. The van der Waals surface area contributed by atoms with Crippen molar-refractivity contribution in [2.24, 2.45) is 0 Å².